The fraction of sp³-hybridized carbons (Fsp3) is 0.308. The molecule has 0 aliphatic heterocycles. The first-order valence-electron chi connectivity index (χ1n) is 5.31. The van der Waals surface area contributed by atoms with Gasteiger partial charge in [0.25, 0.3) is 0 Å². The number of likely N-dealkylation sites (N-methyl/N-ethyl adjacent to an activating group) is 1. The van der Waals surface area contributed by atoms with Crippen molar-refractivity contribution in [3.8, 4) is 5.75 Å². The number of aryl methyl sites for hydroxylation is 1. The number of ether oxygens (including phenoxy) is 1. The van der Waals surface area contributed by atoms with Crippen LogP contribution in [-0.4, -0.2) is 25.2 Å². The number of rotatable bonds is 5. The first kappa shape index (κ1) is 13.3. The van der Waals surface area contributed by atoms with Gasteiger partial charge in [-0.2, -0.15) is 0 Å². The van der Waals surface area contributed by atoms with Crippen LogP contribution in [0.5, 0.6) is 5.75 Å². The molecule has 1 aromatic rings. The second-order valence-corrected chi connectivity index (χ2v) is 3.69. The van der Waals surface area contributed by atoms with E-state index < -0.39 is 5.97 Å². The Balaban J connectivity index is 2.96. The first-order valence-corrected chi connectivity index (χ1v) is 5.31. The van der Waals surface area contributed by atoms with Crippen LogP contribution in [0.2, 0.25) is 0 Å². The lowest BCUT2D eigenvalue weighted by Gasteiger charge is -2.14. The van der Waals surface area contributed by atoms with Gasteiger partial charge in [-0.05, 0) is 31.2 Å². The third-order valence-electron chi connectivity index (χ3n) is 2.52. The van der Waals surface area contributed by atoms with Crippen LogP contribution in [0.3, 0.4) is 0 Å². The lowest BCUT2D eigenvalue weighted by molar-refractivity contribution is -0.131. The SMILES string of the molecule is CNC(/C=C/C(=O)O)c1ccc(OC)c(C)c1. The molecule has 0 spiro atoms. The molecule has 1 atom stereocenters. The Labute approximate surface area is 101 Å². The normalized spacial score (nSPS) is 12.6. The molecule has 2 N–H and O–H groups in total. The number of aliphatic carboxylic acids is 1. The average Bonchev–Trinajstić information content (AvgIpc) is 2.29. The molecule has 4 heteroatoms. The van der Waals surface area contributed by atoms with Crippen LogP contribution in [0.15, 0.2) is 30.4 Å². The van der Waals surface area contributed by atoms with Gasteiger partial charge in [-0.3, -0.25) is 0 Å². The molecule has 0 fully saturated rings. The molecule has 4 nitrogen and oxygen atoms in total. The van der Waals surface area contributed by atoms with Gasteiger partial charge in [-0.25, -0.2) is 4.79 Å². The van der Waals surface area contributed by atoms with Crippen molar-refractivity contribution in [2.75, 3.05) is 14.2 Å². The Kier molecular flexibility index (Phi) is 4.72. The van der Waals surface area contributed by atoms with Gasteiger partial charge >= 0.3 is 5.97 Å². The molecule has 0 aliphatic rings. The highest BCUT2D eigenvalue weighted by atomic mass is 16.5. The fourth-order valence-electron chi connectivity index (χ4n) is 1.65. The molecular formula is C13H17NO3. The van der Waals surface area contributed by atoms with Crippen LogP contribution in [-0.2, 0) is 4.79 Å². The average molecular weight is 235 g/mol. The maximum atomic E-state index is 10.5. The lowest BCUT2D eigenvalue weighted by atomic mass is 10.0. The third kappa shape index (κ3) is 3.60. The van der Waals surface area contributed by atoms with Crippen molar-refractivity contribution < 1.29 is 14.6 Å². The van der Waals surface area contributed by atoms with E-state index in [-0.39, 0.29) is 6.04 Å². The fourth-order valence-corrected chi connectivity index (χ4v) is 1.65. The summed E-state index contributed by atoms with van der Waals surface area (Å²) in [5.74, 6) is -0.124. The van der Waals surface area contributed by atoms with E-state index in [2.05, 4.69) is 5.32 Å². The zero-order valence-corrected chi connectivity index (χ0v) is 10.2. The van der Waals surface area contributed by atoms with Crippen molar-refractivity contribution in [2.24, 2.45) is 0 Å². The van der Waals surface area contributed by atoms with Gasteiger partial charge in [0.15, 0.2) is 0 Å². The summed E-state index contributed by atoms with van der Waals surface area (Å²) in [4.78, 5) is 10.5. The van der Waals surface area contributed by atoms with Gasteiger partial charge in [0.05, 0.1) is 13.2 Å². The molecule has 0 aliphatic carbocycles. The van der Waals surface area contributed by atoms with E-state index in [1.54, 1.807) is 20.2 Å². The van der Waals surface area contributed by atoms with Crippen LogP contribution < -0.4 is 10.1 Å². The molecule has 0 amide bonds. The first-order chi connectivity index (χ1) is 8.08. The monoisotopic (exact) mass is 235 g/mol. The minimum absolute atomic E-state index is 0.115. The molecule has 17 heavy (non-hydrogen) atoms. The molecule has 0 bridgehead atoms. The summed E-state index contributed by atoms with van der Waals surface area (Å²) in [6, 6.07) is 5.66. The van der Waals surface area contributed by atoms with E-state index in [1.807, 2.05) is 25.1 Å². The van der Waals surface area contributed by atoms with Crippen LogP contribution in [0.1, 0.15) is 17.2 Å². The Morgan fingerprint density at radius 3 is 2.71 bits per heavy atom. The van der Waals surface area contributed by atoms with E-state index in [1.165, 1.54) is 0 Å². The van der Waals surface area contributed by atoms with Gasteiger partial charge in [-0.1, -0.05) is 18.2 Å². The van der Waals surface area contributed by atoms with Crippen molar-refractivity contribution >= 4 is 5.97 Å². The van der Waals surface area contributed by atoms with Gasteiger partial charge in [0, 0.05) is 6.08 Å². The quantitative estimate of drug-likeness (QED) is 0.765. The smallest absolute Gasteiger partial charge is 0.328 e. The van der Waals surface area contributed by atoms with Crippen molar-refractivity contribution in [3.63, 3.8) is 0 Å². The summed E-state index contributed by atoms with van der Waals surface area (Å²) in [5.41, 5.74) is 2.03. The topological polar surface area (TPSA) is 58.6 Å². The van der Waals surface area contributed by atoms with Gasteiger partial charge in [0.2, 0.25) is 0 Å². The maximum Gasteiger partial charge on any atom is 0.328 e. The zero-order chi connectivity index (χ0) is 12.8. The Morgan fingerprint density at radius 1 is 1.53 bits per heavy atom. The molecule has 1 aromatic carbocycles. The number of hydrogen-bond acceptors (Lipinski definition) is 3. The molecule has 0 saturated heterocycles. The predicted octanol–water partition coefficient (Wildman–Crippen LogP) is 1.90. The maximum absolute atomic E-state index is 10.5. The van der Waals surface area contributed by atoms with E-state index >= 15 is 0 Å². The third-order valence-corrected chi connectivity index (χ3v) is 2.52. The van der Waals surface area contributed by atoms with Crippen molar-refractivity contribution in [3.05, 3.63) is 41.5 Å². The van der Waals surface area contributed by atoms with Crippen LogP contribution in [0.4, 0.5) is 0 Å². The molecule has 1 rings (SSSR count). The Hall–Kier alpha value is -1.81. The van der Waals surface area contributed by atoms with Crippen molar-refractivity contribution in [1.29, 1.82) is 0 Å². The molecule has 1 unspecified atom stereocenters. The number of methoxy groups -OCH3 is 1. The number of benzene rings is 1. The summed E-state index contributed by atoms with van der Waals surface area (Å²) < 4.78 is 5.18. The van der Waals surface area contributed by atoms with Gasteiger partial charge in [0.1, 0.15) is 5.75 Å². The van der Waals surface area contributed by atoms with E-state index in [0.29, 0.717) is 0 Å². The Morgan fingerprint density at radius 2 is 2.24 bits per heavy atom. The molecule has 0 radical (unpaired) electrons. The van der Waals surface area contributed by atoms with E-state index in [9.17, 15) is 4.79 Å². The minimum Gasteiger partial charge on any atom is -0.496 e. The minimum atomic E-state index is -0.949. The number of carboxylic acids is 1. The highest BCUT2D eigenvalue weighted by molar-refractivity contribution is 5.79. The molecule has 0 heterocycles. The summed E-state index contributed by atoms with van der Waals surface area (Å²) >= 11 is 0. The van der Waals surface area contributed by atoms with Gasteiger partial charge in [-0.15, -0.1) is 0 Å². The second kappa shape index (κ2) is 6.06. The van der Waals surface area contributed by atoms with E-state index in [4.69, 9.17) is 9.84 Å². The summed E-state index contributed by atoms with van der Waals surface area (Å²) in [6.45, 7) is 1.95. The Bertz CT molecular complexity index is 427. The number of nitrogens with one attached hydrogen (secondary N) is 1. The molecule has 92 valence electrons. The molecular weight excluding hydrogens is 218 g/mol. The van der Waals surface area contributed by atoms with Crippen molar-refractivity contribution in [2.45, 2.75) is 13.0 Å². The summed E-state index contributed by atoms with van der Waals surface area (Å²) in [6.07, 6.45) is 2.75. The number of carboxylic acid groups (broad SMARTS) is 1. The zero-order valence-electron chi connectivity index (χ0n) is 10.2. The number of hydrogen-bond donors (Lipinski definition) is 2. The highest BCUT2D eigenvalue weighted by Gasteiger charge is 2.08. The second-order valence-electron chi connectivity index (χ2n) is 3.69. The van der Waals surface area contributed by atoms with Crippen LogP contribution in [0, 0.1) is 6.92 Å². The standard InChI is InChI=1S/C13H17NO3/c1-9-8-10(4-6-12(9)17-3)11(14-2)5-7-13(15)16/h4-8,11,14H,1-3H3,(H,15,16)/b7-5+. The van der Waals surface area contributed by atoms with Crippen LogP contribution in [0.25, 0.3) is 0 Å². The summed E-state index contributed by atoms with van der Waals surface area (Å²) in [5, 5.41) is 11.7. The van der Waals surface area contributed by atoms with Crippen molar-refractivity contribution in [1.82, 2.24) is 5.32 Å². The highest BCUT2D eigenvalue weighted by Crippen LogP contribution is 2.22. The predicted molar refractivity (Wildman–Crippen MR) is 66.3 cm³/mol. The molecule has 0 saturated carbocycles. The number of carbonyl (C=O) groups is 1. The lowest BCUT2D eigenvalue weighted by Crippen LogP contribution is -2.14. The van der Waals surface area contributed by atoms with Gasteiger partial charge < -0.3 is 15.2 Å². The summed E-state index contributed by atoms with van der Waals surface area (Å²) in [7, 11) is 3.41. The van der Waals surface area contributed by atoms with Crippen LogP contribution >= 0.6 is 0 Å². The molecule has 0 aromatic heterocycles. The largest absolute Gasteiger partial charge is 0.496 e. The van der Waals surface area contributed by atoms with E-state index in [0.717, 1.165) is 23.0 Å².